The minimum absolute atomic E-state index is 0.146. The number of carbonyl (C=O) groups is 1. The zero-order valence-electron chi connectivity index (χ0n) is 15.0. The number of nitrogens with zero attached hydrogens (tertiary/aromatic N) is 3. The molecule has 3 aromatic rings. The van der Waals surface area contributed by atoms with Crippen molar-refractivity contribution in [3.63, 3.8) is 0 Å². The van der Waals surface area contributed by atoms with Crippen LogP contribution in [0.3, 0.4) is 0 Å². The van der Waals surface area contributed by atoms with E-state index < -0.39 is 17.4 Å². The summed E-state index contributed by atoms with van der Waals surface area (Å²) in [7, 11) is 0. The molecule has 29 heavy (non-hydrogen) atoms. The molecule has 1 amide bonds. The lowest BCUT2D eigenvalue weighted by Gasteiger charge is -2.28. The molecule has 1 aromatic heterocycles. The van der Waals surface area contributed by atoms with Gasteiger partial charge in [0.2, 0.25) is 11.0 Å². The van der Waals surface area contributed by atoms with Gasteiger partial charge in [-0.25, -0.2) is 4.39 Å². The third-order valence-electron chi connectivity index (χ3n) is 4.63. The van der Waals surface area contributed by atoms with Crippen LogP contribution in [0.4, 0.5) is 15.8 Å². The summed E-state index contributed by atoms with van der Waals surface area (Å²) >= 11 is 4.86. The van der Waals surface area contributed by atoms with E-state index in [-0.39, 0.29) is 5.88 Å². The fraction of sp³-hybridized carbons (Fsp3) is 0.158. The minimum Gasteiger partial charge on any atom is -0.435 e. The molecule has 1 atom stereocenters. The minimum atomic E-state index is -1.69. The Morgan fingerprint density at radius 3 is 2.86 bits per heavy atom. The number of benzene rings is 2. The Labute approximate surface area is 177 Å². The molecule has 7 nitrogen and oxygen atoms in total. The van der Waals surface area contributed by atoms with Crippen LogP contribution in [-0.4, -0.2) is 26.8 Å². The number of halogens is 2. The first-order valence-corrected chi connectivity index (χ1v) is 10.5. The quantitative estimate of drug-likeness (QED) is 0.540. The van der Waals surface area contributed by atoms with Crippen molar-refractivity contribution < 1.29 is 13.9 Å². The molecule has 0 radical (unpaired) electrons. The van der Waals surface area contributed by atoms with Gasteiger partial charge in [0, 0.05) is 15.7 Å². The number of fused-ring (bicyclic) bond motifs is 5. The van der Waals surface area contributed by atoms with E-state index in [0.29, 0.717) is 33.4 Å². The van der Waals surface area contributed by atoms with Crippen LogP contribution >= 0.6 is 27.7 Å². The number of hydrogen-bond donors (Lipinski definition) is 2. The summed E-state index contributed by atoms with van der Waals surface area (Å²) in [6, 6.07) is 9.53. The molecule has 1 spiro atoms. The van der Waals surface area contributed by atoms with Gasteiger partial charge in [0.15, 0.2) is 5.69 Å². The molecule has 0 saturated heterocycles. The summed E-state index contributed by atoms with van der Waals surface area (Å²) in [6.07, 6.45) is 0. The molecule has 0 saturated carbocycles. The van der Waals surface area contributed by atoms with Crippen LogP contribution in [0, 0.1) is 5.82 Å². The molecule has 0 bridgehead atoms. The fourth-order valence-corrected chi connectivity index (χ4v) is 4.25. The van der Waals surface area contributed by atoms with Crippen LogP contribution in [0.1, 0.15) is 12.5 Å². The SMILES string of the molecule is CCSc1nnc2c(n1)O[C@@]1(Nc3ccc(Br)cc3-2)C(=O)Nc2ccc(F)cc21. The monoisotopic (exact) mass is 473 g/mol. The lowest BCUT2D eigenvalue weighted by Crippen LogP contribution is -2.47. The van der Waals surface area contributed by atoms with Gasteiger partial charge in [-0.3, -0.25) is 4.79 Å². The van der Waals surface area contributed by atoms with E-state index in [1.54, 1.807) is 6.07 Å². The Bertz CT molecular complexity index is 1180. The van der Waals surface area contributed by atoms with Crippen molar-refractivity contribution in [1.82, 2.24) is 15.2 Å². The average Bonchev–Trinajstić information content (AvgIpc) is 2.86. The number of anilines is 2. The van der Waals surface area contributed by atoms with E-state index >= 15 is 0 Å². The number of carbonyl (C=O) groups excluding carboxylic acids is 1. The van der Waals surface area contributed by atoms with Gasteiger partial charge >= 0.3 is 0 Å². The van der Waals surface area contributed by atoms with Crippen LogP contribution in [0.25, 0.3) is 11.3 Å². The van der Waals surface area contributed by atoms with Gasteiger partial charge in [-0.15, -0.1) is 10.2 Å². The van der Waals surface area contributed by atoms with Crippen molar-refractivity contribution in [2.24, 2.45) is 0 Å². The van der Waals surface area contributed by atoms with Gasteiger partial charge in [0.25, 0.3) is 11.6 Å². The standard InChI is InChI=1S/C19H13BrFN5O2S/c1-2-29-18-23-16-15(25-26-18)11-7-9(20)3-5-13(11)24-19(28-16)12-8-10(21)4-6-14(12)22-17(19)27/h3-8,24H,2H2,1H3,(H,22,27)/t19-/m1/s1. The topological polar surface area (TPSA) is 89.0 Å². The predicted octanol–water partition coefficient (Wildman–Crippen LogP) is 4.16. The van der Waals surface area contributed by atoms with Crippen molar-refractivity contribution in [2.45, 2.75) is 17.8 Å². The fourth-order valence-electron chi connectivity index (χ4n) is 3.38. The van der Waals surface area contributed by atoms with E-state index in [2.05, 4.69) is 41.7 Å². The molecule has 2 aliphatic heterocycles. The number of aromatic nitrogens is 3. The molecule has 3 heterocycles. The number of nitrogens with one attached hydrogen (secondary N) is 2. The highest BCUT2D eigenvalue weighted by Gasteiger charge is 2.52. The van der Waals surface area contributed by atoms with E-state index in [1.807, 2.05) is 19.1 Å². The summed E-state index contributed by atoms with van der Waals surface area (Å²) < 4.78 is 21.1. The Kier molecular flexibility index (Phi) is 4.21. The number of rotatable bonds is 2. The van der Waals surface area contributed by atoms with E-state index in [9.17, 15) is 9.18 Å². The van der Waals surface area contributed by atoms with E-state index in [0.717, 1.165) is 10.2 Å². The molecule has 0 aliphatic carbocycles. The summed E-state index contributed by atoms with van der Waals surface area (Å²) in [5.74, 6) is -0.0511. The highest BCUT2D eigenvalue weighted by Crippen LogP contribution is 2.47. The van der Waals surface area contributed by atoms with Gasteiger partial charge in [-0.05, 0) is 42.2 Å². The maximum atomic E-state index is 14.1. The van der Waals surface area contributed by atoms with Crippen LogP contribution in [0.2, 0.25) is 0 Å². The zero-order chi connectivity index (χ0) is 20.2. The first kappa shape index (κ1) is 18.3. The maximum absolute atomic E-state index is 14.1. The van der Waals surface area contributed by atoms with Crippen molar-refractivity contribution in [3.8, 4) is 17.1 Å². The summed E-state index contributed by atoms with van der Waals surface area (Å²) in [5, 5.41) is 14.8. The molecule has 146 valence electrons. The smallest absolute Gasteiger partial charge is 0.295 e. The van der Waals surface area contributed by atoms with Gasteiger partial charge in [0.05, 0.1) is 11.3 Å². The largest absolute Gasteiger partial charge is 0.435 e. The Morgan fingerprint density at radius 1 is 1.21 bits per heavy atom. The van der Waals surface area contributed by atoms with Crippen LogP contribution < -0.4 is 15.4 Å². The lowest BCUT2D eigenvalue weighted by atomic mass is 10.0. The van der Waals surface area contributed by atoms with Crippen LogP contribution in [-0.2, 0) is 10.5 Å². The van der Waals surface area contributed by atoms with Crippen molar-refractivity contribution in [1.29, 1.82) is 0 Å². The molecule has 10 heteroatoms. The molecular formula is C19H13BrFN5O2S. The number of thioether (sulfide) groups is 1. The van der Waals surface area contributed by atoms with Gasteiger partial charge in [-0.1, -0.05) is 34.6 Å². The highest BCUT2D eigenvalue weighted by atomic mass is 79.9. The second kappa shape index (κ2) is 6.67. The van der Waals surface area contributed by atoms with E-state index in [1.165, 1.54) is 30.0 Å². The molecule has 5 rings (SSSR count). The van der Waals surface area contributed by atoms with Gasteiger partial charge < -0.3 is 15.4 Å². The third kappa shape index (κ3) is 2.85. The second-order valence-electron chi connectivity index (χ2n) is 6.42. The first-order chi connectivity index (χ1) is 14.0. The average molecular weight is 474 g/mol. The molecule has 2 aliphatic rings. The Balaban J connectivity index is 1.78. The Morgan fingerprint density at radius 2 is 2.03 bits per heavy atom. The van der Waals surface area contributed by atoms with Gasteiger partial charge in [0.1, 0.15) is 5.82 Å². The predicted molar refractivity (Wildman–Crippen MR) is 110 cm³/mol. The second-order valence-corrected chi connectivity index (χ2v) is 8.57. The van der Waals surface area contributed by atoms with Crippen molar-refractivity contribution in [2.75, 3.05) is 16.4 Å². The number of hydrogen-bond acceptors (Lipinski definition) is 7. The molecule has 0 unspecified atom stereocenters. The molecule has 0 fully saturated rings. The Hall–Kier alpha value is -2.72. The lowest BCUT2D eigenvalue weighted by molar-refractivity contribution is -0.128. The third-order valence-corrected chi connectivity index (χ3v) is 5.85. The number of amides is 1. The molecular weight excluding hydrogens is 461 g/mol. The maximum Gasteiger partial charge on any atom is 0.295 e. The zero-order valence-corrected chi connectivity index (χ0v) is 17.4. The molecule has 2 aromatic carbocycles. The normalized spacial score (nSPS) is 18.8. The summed E-state index contributed by atoms with van der Waals surface area (Å²) in [4.78, 5) is 17.5. The number of ether oxygens (including phenoxy) is 1. The van der Waals surface area contributed by atoms with Gasteiger partial charge in [-0.2, -0.15) is 4.98 Å². The first-order valence-electron chi connectivity index (χ1n) is 8.76. The highest BCUT2D eigenvalue weighted by molar-refractivity contribution is 9.10. The van der Waals surface area contributed by atoms with Crippen LogP contribution in [0.15, 0.2) is 46.0 Å². The summed E-state index contributed by atoms with van der Waals surface area (Å²) in [6.45, 7) is 1.97. The molecule has 2 N–H and O–H groups in total. The van der Waals surface area contributed by atoms with Crippen molar-refractivity contribution >= 4 is 45.0 Å². The summed E-state index contributed by atoms with van der Waals surface area (Å²) in [5.41, 5.74) is 0.769. The van der Waals surface area contributed by atoms with E-state index in [4.69, 9.17) is 4.74 Å². The van der Waals surface area contributed by atoms with Crippen LogP contribution in [0.5, 0.6) is 5.88 Å². The van der Waals surface area contributed by atoms with Crippen molar-refractivity contribution in [3.05, 3.63) is 52.3 Å².